The van der Waals surface area contributed by atoms with Gasteiger partial charge in [0.1, 0.15) is 0 Å². The van der Waals surface area contributed by atoms with Crippen LogP contribution >= 0.6 is 34.5 Å². The molecular weight excluding hydrogens is 317 g/mol. The van der Waals surface area contributed by atoms with Crippen LogP contribution in [0.25, 0.3) is 0 Å². The number of benzene rings is 1. The Kier molecular flexibility index (Phi) is 5.29. The van der Waals surface area contributed by atoms with Crippen molar-refractivity contribution in [2.45, 2.75) is 19.3 Å². The molecule has 0 aliphatic heterocycles. The Morgan fingerprint density at radius 3 is 2.85 bits per heavy atom. The van der Waals surface area contributed by atoms with Gasteiger partial charge in [-0.25, -0.2) is 0 Å². The van der Waals surface area contributed by atoms with Crippen LogP contribution < -0.4 is 5.32 Å². The SMILES string of the molecule is O=C(CCCc1cccs1)Nc1cc(Cl)cc(Cl)c1O. The molecule has 0 aliphatic rings. The van der Waals surface area contributed by atoms with E-state index < -0.39 is 0 Å². The molecule has 0 bridgehead atoms. The number of rotatable bonds is 5. The van der Waals surface area contributed by atoms with E-state index in [-0.39, 0.29) is 22.4 Å². The van der Waals surface area contributed by atoms with E-state index in [1.165, 1.54) is 17.0 Å². The predicted octanol–water partition coefficient (Wildman–Crippen LogP) is 4.72. The summed E-state index contributed by atoms with van der Waals surface area (Å²) in [6.45, 7) is 0. The minimum absolute atomic E-state index is 0.117. The van der Waals surface area contributed by atoms with Gasteiger partial charge in [0, 0.05) is 16.3 Å². The van der Waals surface area contributed by atoms with Gasteiger partial charge < -0.3 is 10.4 Å². The van der Waals surface area contributed by atoms with Crippen LogP contribution in [0.3, 0.4) is 0 Å². The lowest BCUT2D eigenvalue weighted by Gasteiger charge is -2.09. The largest absolute Gasteiger partial charge is 0.504 e. The number of amides is 1. The second kappa shape index (κ2) is 6.97. The number of aryl methyl sites for hydroxylation is 1. The van der Waals surface area contributed by atoms with Gasteiger partial charge in [0.15, 0.2) is 5.75 Å². The first-order valence-corrected chi connectivity index (χ1v) is 7.70. The molecule has 1 aromatic heterocycles. The summed E-state index contributed by atoms with van der Waals surface area (Å²) >= 11 is 13.3. The Balaban J connectivity index is 1.88. The monoisotopic (exact) mass is 329 g/mol. The minimum Gasteiger partial charge on any atom is -0.504 e. The maximum absolute atomic E-state index is 11.8. The van der Waals surface area contributed by atoms with E-state index in [4.69, 9.17) is 23.2 Å². The summed E-state index contributed by atoms with van der Waals surface area (Å²) < 4.78 is 0. The topological polar surface area (TPSA) is 49.3 Å². The molecule has 0 aliphatic carbocycles. The van der Waals surface area contributed by atoms with Gasteiger partial charge in [0.05, 0.1) is 10.7 Å². The van der Waals surface area contributed by atoms with Gasteiger partial charge in [-0.15, -0.1) is 11.3 Å². The van der Waals surface area contributed by atoms with E-state index in [9.17, 15) is 9.90 Å². The van der Waals surface area contributed by atoms with Crippen LogP contribution in [-0.2, 0) is 11.2 Å². The zero-order valence-electron chi connectivity index (χ0n) is 10.5. The van der Waals surface area contributed by atoms with Crippen LogP contribution in [0.5, 0.6) is 5.75 Å². The molecule has 0 atom stereocenters. The Labute approximate surface area is 131 Å². The lowest BCUT2D eigenvalue weighted by Crippen LogP contribution is -2.11. The van der Waals surface area contributed by atoms with Gasteiger partial charge >= 0.3 is 0 Å². The fourth-order valence-corrected chi connectivity index (χ4v) is 3.00. The van der Waals surface area contributed by atoms with E-state index >= 15 is 0 Å². The maximum Gasteiger partial charge on any atom is 0.224 e. The van der Waals surface area contributed by atoms with Gasteiger partial charge in [0.25, 0.3) is 0 Å². The molecule has 2 rings (SSSR count). The summed E-state index contributed by atoms with van der Waals surface area (Å²) in [5, 5.41) is 14.9. The predicted molar refractivity (Wildman–Crippen MR) is 84.0 cm³/mol. The molecular formula is C14H13Cl2NO2S. The fraction of sp³-hybridized carbons (Fsp3) is 0.214. The summed E-state index contributed by atoms with van der Waals surface area (Å²) in [5.41, 5.74) is 0.239. The maximum atomic E-state index is 11.8. The molecule has 0 fully saturated rings. The number of phenols is 1. The smallest absolute Gasteiger partial charge is 0.224 e. The van der Waals surface area contributed by atoms with Gasteiger partial charge in [-0.3, -0.25) is 4.79 Å². The van der Waals surface area contributed by atoms with E-state index in [1.54, 1.807) is 11.3 Å². The third-order valence-electron chi connectivity index (χ3n) is 2.71. The highest BCUT2D eigenvalue weighted by molar-refractivity contribution is 7.09. The molecule has 6 heteroatoms. The number of thiophene rings is 1. The van der Waals surface area contributed by atoms with Crippen LogP contribution in [0.15, 0.2) is 29.6 Å². The highest BCUT2D eigenvalue weighted by Crippen LogP contribution is 2.35. The first kappa shape index (κ1) is 15.2. The molecule has 2 aromatic rings. The number of aromatic hydroxyl groups is 1. The molecule has 0 radical (unpaired) electrons. The van der Waals surface area contributed by atoms with Crippen molar-refractivity contribution >= 4 is 46.1 Å². The quantitative estimate of drug-likeness (QED) is 0.779. The highest BCUT2D eigenvalue weighted by atomic mass is 35.5. The van der Waals surface area contributed by atoms with Crippen LogP contribution in [0.2, 0.25) is 10.0 Å². The van der Waals surface area contributed by atoms with Gasteiger partial charge in [-0.2, -0.15) is 0 Å². The Morgan fingerprint density at radius 2 is 2.15 bits per heavy atom. The van der Waals surface area contributed by atoms with Crippen molar-refractivity contribution in [3.63, 3.8) is 0 Å². The van der Waals surface area contributed by atoms with Crippen LogP contribution in [-0.4, -0.2) is 11.0 Å². The van der Waals surface area contributed by atoms with Crippen molar-refractivity contribution in [3.05, 3.63) is 44.6 Å². The zero-order chi connectivity index (χ0) is 14.5. The molecule has 0 saturated heterocycles. The molecule has 0 spiro atoms. The Bertz CT molecular complexity index is 599. The van der Waals surface area contributed by atoms with Crippen LogP contribution in [0, 0.1) is 0 Å². The number of carbonyl (C=O) groups is 1. The van der Waals surface area contributed by atoms with Crippen molar-refractivity contribution in [1.82, 2.24) is 0 Å². The van der Waals surface area contributed by atoms with Crippen molar-refractivity contribution in [2.75, 3.05) is 5.32 Å². The number of nitrogens with one attached hydrogen (secondary N) is 1. The standard InChI is InChI=1S/C14H13Cl2NO2S/c15-9-7-11(16)14(19)12(8-9)17-13(18)5-1-3-10-4-2-6-20-10/h2,4,6-8,19H,1,3,5H2,(H,17,18). The lowest BCUT2D eigenvalue weighted by atomic mass is 10.2. The van der Waals surface area contributed by atoms with E-state index in [2.05, 4.69) is 5.32 Å². The second-order valence-electron chi connectivity index (χ2n) is 4.26. The molecule has 1 aromatic carbocycles. The fourth-order valence-electron chi connectivity index (χ4n) is 1.75. The molecule has 20 heavy (non-hydrogen) atoms. The van der Waals surface area contributed by atoms with Gasteiger partial charge in [-0.05, 0) is 36.4 Å². The number of anilines is 1. The average molecular weight is 330 g/mol. The summed E-state index contributed by atoms with van der Waals surface area (Å²) in [4.78, 5) is 13.1. The second-order valence-corrected chi connectivity index (χ2v) is 6.14. The molecule has 0 saturated carbocycles. The Morgan fingerprint density at radius 1 is 1.35 bits per heavy atom. The van der Waals surface area contributed by atoms with Gasteiger partial charge in [0.2, 0.25) is 5.91 Å². The molecule has 106 valence electrons. The third-order valence-corrected chi connectivity index (χ3v) is 4.15. The van der Waals surface area contributed by atoms with Crippen molar-refractivity contribution in [3.8, 4) is 5.75 Å². The molecule has 1 heterocycles. The van der Waals surface area contributed by atoms with Gasteiger partial charge in [-0.1, -0.05) is 29.3 Å². The average Bonchev–Trinajstić information content (AvgIpc) is 2.88. The summed E-state index contributed by atoms with van der Waals surface area (Å²) in [7, 11) is 0. The number of carbonyl (C=O) groups excluding carboxylic acids is 1. The minimum atomic E-state index is -0.171. The summed E-state index contributed by atoms with van der Waals surface area (Å²) in [6, 6.07) is 6.93. The number of hydrogen-bond acceptors (Lipinski definition) is 3. The van der Waals surface area contributed by atoms with Crippen molar-refractivity contribution in [2.24, 2.45) is 0 Å². The first-order valence-electron chi connectivity index (χ1n) is 6.06. The lowest BCUT2D eigenvalue weighted by molar-refractivity contribution is -0.116. The normalized spacial score (nSPS) is 10.5. The van der Waals surface area contributed by atoms with Crippen molar-refractivity contribution in [1.29, 1.82) is 0 Å². The summed E-state index contributed by atoms with van der Waals surface area (Å²) in [5.74, 6) is -0.335. The van der Waals surface area contributed by atoms with E-state index in [1.807, 2.05) is 17.5 Å². The highest BCUT2D eigenvalue weighted by Gasteiger charge is 2.11. The molecule has 1 amide bonds. The number of halogens is 2. The molecule has 2 N–H and O–H groups in total. The third kappa shape index (κ3) is 4.13. The molecule has 3 nitrogen and oxygen atoms in total. The van der Waals surface area contributed by atoms with Crippen LogP contribution in [0.4, 0.5) is 5.69 Å². The first-order chi connectivity index (χ1) is 9.56. The molecule has 0 unspecified atom stereocenters. The number of phenolic OH excluding ortho intramolecular Hbond substituents is 1. The van der Waals surface area contributed by atoms with E-state index in [0.29, 0.717) is 11.4 Å². The Hall–Kier alpha value is -1.23. The summed E-state index contributed by atoms with van der Waals surface area (Å²) in [6.07, 6.45) is 2.00. The van der Waals surface area contributed by atoms with Crippen LogP contribution in [0.1, 0.15) is 17.7 Å². The van der Waals surface area contributed by atoms with Crippen molar-refractivity contribution < 1.29 is 9.90 Å². The number of hydrogen-bond donors (Lipinski definition) is 2. The van der Waals surface area contributed by atoms with E-state index in [0.717, 1.165) is 12.8 Å². The zero-order valence-corrected chi connectivity index (χ0v) is 12.9.